The van der Waals surface area contributed by atoms with E-state index in [1.54, 1.807) is 12.1 Å². The third-order valence-electron chi connectivity index (χ3n) is 4.98. The molecule has 1 saturated heterocycles. The van der Waals surface area contributed by atoms with E-state index in [0.717, 1.165) is 22.3 Å². The monoisotopic (exact) mass is 570 g/mol. The lowest BCUT2D eigenvalue weighted by molar-refractivity contribution is -0.134. The predicted molar refractivity (Wildman–Crippen MR) is 138 cm³/mol. The number of hydrogen-bond acceptors (Lipinski definition) is 4. The van der Waals surface area contributed by atoms with Crippen molar-refractivity contribution in [2.45, 2.75) is 13.8 Å². The molecule has 0 bridgehead atoms. The Balaban J connectivity index is 1.58. The van der Waals surface area contributed by atoms with E-state index in [-0.39, 0.29) is 22.8 Å². The lowest BCUT2D eigenvalue weighted by Crippen LogP contribution is -2.50. The van der Waals surface area contributed by atoms with Gasteiger partial charge in [0, 0.05) is 41.4 Å². The number of halogens is 2. The first-order chi connectivity index (χ1) is 14.8. The van der Waals surface area contributed by atoms with Crippen molar-refractivity contribution in [3.63, 3.8) is 0 Å². The van der Waals surface area contributed by atoms with Crippen LogP contribution in [0, 0.1) is 9.49 Å². The fraction of sp³-hybridized carbons (Fsp3) is 0.318. The van der Waals surface area contributed by atoms with Crippen molar-refractivity contribution in [3.05, 3.63) is 56.6 Å². The Hall–Kier alpha value is -1.91. The minimum atomic E-state index is -0.265. The standard InChI is InChI=1S/C22H24ClIN4O2S/c1-14(2)21(30)28-11-9-27(10-12-28)19-8-7-15(13-17(19)23)25-22(31)26-20(29)16-5-3-4-6-18(16)24/h3-8,13-14H,9-12H2,1-2H3,(H2,25,26,29,31). The molecule has 0 radical (unpaired) electrons. The number of carbonyl (C=O) groups excluding carboxylic acids is 2. The molecule has 1 aliphatic heterocycles. The summed E-state index contributed by atoms with van der Waals surface area (Å²) in [5.74, 6) is -0.0692. The van der Waals surface area contributed by atoms with Gasteiger partial charge in [-0.1, -0.05) is 37.6 Å². The predicted octanol–water partition coefficient (Wildman–Crippen LogP) is 4.38. The van der Waals surface area contributed by atoms with Gasteiger partial charge in [-0.3, -0.25) is 14.9 Å². The van der Waals surface area contributed by atoms with Crippen LogP contribution in [-0.4, -0.2) is 48.0 Å². The molecule has 0 saturated carbocycles. The fourth-order valence-electron chi connectivity index (χ4n) is 3.35. The van der Waals surface area contributed by atoms with Gasteiger partial charge in [0.25, 0.3) is 5.91 Å². The maximum atomic E-state index is 12.4. The molecule has 2 amide bonds. The number of hydrogen-bond donors (Lipinski definition) is 2. The molecule has 0 atom stereocenters. The van der Waals surface area contributed by atoms with E-state index in [4.69, 9.17) is 23.8 Å². The van der Waals surface area contributed by atoms with E-state index in [0.29, 0.717) is 29.4 Å². The van der Waals surface area contributed by atoms with Gasteiger partial charge in [-0.15, -0.1) is 0 Å². The van der Waals surface area contributed by atoms with Crippen LogP contribution in [0.1, 0.15) is 24.2 Å². The SMILES string of the molecule is CC(C)C(=O)N1CCN(c2ccc(NC(=S)NC(=O)c3ccccc3I)cc2Cl)CC1. The molecule has 3 rings (SSSR count). The van der Waals surface area contributed by atoms with Crippen LogP contribution in [0.25, 0.3) is 0 Å². The van der Waals surface area contributed by atoms with Gasteiger partial charge >= 0.3 is 0 Å². The number of thiocarbonyl (C=S) groups is 1. The van der Waals surface area contributed by atoms with Crippen LogP contribution in [-0.2, 0) is 4.79 Å². The third-order valence-corrected chi connectivity index (χ3v) is 6.42. The first-order valence-corrected chi connectivity index (χ1v) is 11.8. The van der Waals surface area contributed by atoms with Crippen molar-refractivity contribution in [1.82, 2.24) is 10.2 Å². The highest BCUT2D eigenvalue weighted by Crippen LogP contribution is 2.30. The summed E-state index contributed by atoms with van der Waals surface area (Å²) in [7, 11) is 0. The zero-order chi connectivity index (χ0) is 22.5. The molecule has 2 N–H and O–H groups in total. The Morgan fingerprint density at radius 2 is 1.77 bits per heavy atom. The number of nitrogens with one attached hydrogen (secondary N) is 2. The summed E-state index contributed by atoms with van der Waals surface area (Å²) < 4.78 is 0.850. The average Bonchev–Trinajstić information content (AvgIpc) is 2.73. The van der Waals surface area contributed by atoms with Gasteiger partial charge in [-0.05, 0) is 65.1 Å². The summed E-state index contributed by atoms with van der Waals surface area (Å²) in [4.78, 5) is 28.7. The van der Waals surface area contributed by atoms with Crippen molar-refractivity contribution in [1.29, 1.82) is 0 Å². The van der Waals surface area contributed by atoms with Gasteiger partial charge < -0.3 is 15.1 Å². The quantitative estimate of drug-likeness (QED) is 0.422. The largest absolute Gasteiger partial charge is 0.367 e. The summed E-state index contributed by atoms with van der Waals surface area (Å²) in [6, 6.07) is 12.9. The number of piperazine rings is 1. The maximum Gasteiger partial charge on any atom is 0.258 e. The van der Waals surface area contributed by atoms with E-state index >= 15 is 0 Å². The maximum absolute atomic E-state index is 12.4. The molecule has 1 fully saturated rings. The van der Waals surface area contributed by atoms with Crippen LogP contribution >= 0.6 is 46.4 Å². The Labute approximate surface area is 206 Å². The first kappa shape index (κ1) is 23.7. The molecule has 2 aromatic carbocycles. The Bertz CT molecular complexity index is 993. The van der Waals surface area contributed by atoms with E-state index in [9.17, 15) is 9.59 Å². The van der Waals surface area contributed by atoms with Gasteiger partial charge in [-0.2, -0.15) is 0 Å². The summed E-state index contributed by atoms with van der Waals surface area (Å²) >= 11 is 13.9. The number of anilines is 2. The molecule has 0 unspecified atom stereocenters. The van der Waals surface area contributed by atoms with Crippen LogP contribution in [0.2, 0.25) is 5.02 Å². The van der Waals surface area contributed by atoms with Gasteiger partial charge in [0.15, 0.2) is 5.11 Å². The van der Waals surface area contributed by atoms with Crippen LogP contribution < -0.4 is 15.5 Å². The lowest BCUT2D eigenvalue weighted by Gasteiger charge is -2.37. The Morgan fingerprint density at radius 1 is 1.10 bits per heavy atom. The molecule has 0 aromatic heterocycles. The number of nitrogens with zero attached hydrogens (tertiary/aromatic N) is 2. The second-order valence-electron chi connectivity index (χ2n) is 7.52. The molecular formula is C22H24ClIN4O2S. The zero-order valence-corrected chi connectivity index (χ0v) is 21.1. The van der Waals surface area contributed by atoms with E-state index in [1.165, 1.54) is 0 Å². The molecule has 164 valence electrons. The lowest BCUT2D eigenvalue weighted by atomic mass is 10.1. The Morgan fingerprint density at radius 3 is 2.39 bits per heavy atom. The van der Waals surface area contributed by atoms with Crippen molar-refractivity contribution < 1.29 is 9.59 Å². The van der Waals surface area contributed by atoms with Crippen molar-refractivity contribution >= 4 is 74.7 Å². The minimum Gasteiger partial charge on any atom is -0.367 e. The highest BCUT2D eigenvalue weighted by atomic mass is 127. The van der Waals surface area contributed by atoms with E-state index in [1.807, 2.05) is 49.1 Å². The first-order valence-electron chi connectivity index (χ1n) is 9.96. The molecule has 0 aliphatic carbocycles. The molecule has 31 heavy (non-hydrogen) atoms. The fourth-order valence-corrected chi connectivity index (χ4v) is 4.50. The number of amides is 2. The summed E-state index contributed by atoms with van der Waals surface area (Å²) in [6.45, 7) is 6.67. The summed E-state index contributed by atoms with van der Waals surface area (Å²) in [6.07, 6.45) is 0. The second kappa shape index (κ2) is 10.6. The van der Waals surface area contributed by atoms with Crippen LogP contribution in [0.15, 0.2) is 42.5 Å². The molecule has 2 aromatic rings. The van der Waals surface area contributed by atoms with Gasteiger partial charge in [-0.25, -0.2) is 0 Å². The minimum absolute atomic E-state index is 0.00943. The molecule has 9 heteroatoms. The molecule has 6 nitrogen and oxygen atoms in total. The van der Waals surface area contributed by atoms with Crippen LogP contribution in [0.3, 0.4) is 0 Å². The van der Waals surface area contributed by atoms with Crippen LogP contribution in [0.5, 0.6) is 0 Å². The van der Waals surface area contributed by atoms with Crippen molar-refractivity contribution in [2.75, 3.05) is 36.4 Å². The molecule has 0 spiro atoms. The number of rotatable bonds is 4. The highest BCUT2D eigenvalue weighted by Gasteiger charge is 2.24. The van der Waals surface area contributed by atoms with E-state index in [2.05, 4.69) is 38.1 Å². The van der Waals surface area contributed by atoms with Gasteiger partial charge in [0.1, 0.15) is 0 Å². The van der Waals surface area contributed by atoms with Crippen LogP contribution in [0.4, 0.5) is 11.4 Å². The van der Waals surface area contributed by atoms with Crippen molar-refractivity contribution in [2.24, 2.45) is 5.92 Å². The number of benzene rings is 2. The normalized spacial score (nSPS) is 13.8. The summed E-state index contributed by atoms with van der Waals surface area (Å²) in [5.41, 5.74) is 2.17. The van der Waals surface area contributed by atoms with Gasteiger partial charge in [0.2, 0.25) is 5.91 Å². The second-order valence-corrected chi connectivity index (χ2v) is 9.50. The smallest absolute Gasteiger partial charge is 0.258 e. The average molecular weight is 571 g/mol. The molecular weight excluding hydrogens is 547 g/mol. The Kier molecular flexibility index (Phi) is 8.12. The third kappa shape index (κ3) is 6.08. The number of carbonyl (C=O) groups is 2. The highest BCUT2D eigenvalue weighted by molar-refractivity contribution is 14.1. The summed E-state index contributed by atoms with van der Waals surface area (Å²) in [5, 5.41) is 6.49. The van der Waals surface area contributed by atoms with Gasteiger partial charge in [0.05, 0.1) is 16.3 Å². The zero-order valence-electron chi connectivity index (χ0n) is 17.3. The molecule has 1 aliphatic rings. The van der Waals surface area contributed by atoms with Crippen molar-refractivity contribution in [3.8, 4) is 0 Å². The molecule has 1 heterocycles. The topological polar surface area (TPSA) is 64.7 Å². The van der Waals surface area contributed by atoms with E-state index < -0.39 is 0 Å².